The second kappa shape index (κ2) is 9.36. The molecule has 0 saturated carbocycles. The molecule has 0 bridgehead atoms. The molecule has 0 saturated heterocycles. The van der Waals surface area contributed by atoms with Crippen molar-refractivity contribution >= 4 is 33.5 Å². The van der Waals surface area contributed by atoms with Crippen LogP contribution < -0.4 is 0 Å². The van der Waals surface area contributed by atoms with Crippen LogP contribution in [-0.2, 0) is 31.9 Å². The van der Waals surface area contributed by atoms with Gasteiger partial charge in [0.15, 0.2) is 0 Å². The third kappa shape index (κ3) is 4.33. The first kappa shape index (κ1) is 19.9. The summed E-state index contributed by atoms with van der Waals surface area (Å²) in [6.07, 6.45) is 2.02. The van der Waals surface area contributed by atoms with E-state index in [4.69, 9.17) is 9.47 Å². The van der Waals surface area contributed by atoms with Crippen molar-refractivity contribution in [3.63, 3.8) is 0 Å². The van der Waals surface area contributed by atoms with Gasteiger partial charge in [-0.2, -0.15) is 0 Å². The van der Waals surface area contributed by atoms with Crippen molar-refractivity contribution < 1.29 is 19.1 Å². The molecule has 0 amide bonds. The molecule has 0 unspecified atom stereocenters. The molecule has 146 valence electrons. The lowest BCUT2D eigenvalue weighted by Crippen LogP contribution is -2.12. The first-order chi connectivity index (χ1) is 13.7. The first-order valence-corrected chi connectivity index (χ1v) is 9.88. The molecule has 0 radical (unpaired) electrons. The predicted molar refractivity (Wildman–Crippen MR) is 111 cm³/mol. The number of carbonyl (C=O) groups excluding carboxylic acids is 2. The quantitative estimate of drug-likeness (QED) is 0.410. The summed E-state index contributed by atoms with van der Waals surface area (Å²) < 4.78 is 10.6. The summed E-state index contributed by atoms with van der Waals surface area (Å²) in [6, 6.07) is 15.8. The van der Waals surface area contributed by atoms with Crippen LogP contribution in [0.2, 0.25) is 0 Å². The highest BCUT2D eigenvalue weighted by Crippen LogP contribution is 2.34. The Bertz CT molecular complexity index is 853. The fraction of sp³-hybridized carbons (Fsp3) is 0.333. The maximum Gasteiger partial charge on any atom is 0.310 e. The number of carbonyl (C=O) groups is 2. The topological polar surface area (TPSA) is 52.6 Å². The Kier molecular flexibility index (Phi) is 6.64. The maximum absolute atomic E-state index is 12.3. The van der Waals surface area contributed by atoms with Crippen LogP contribution in [0.25, 0.3) is 21.5 Å². The fourth-order valence-electron chi connectivity index (χ4n) is 3.51. The number of hydrogen-bond donors (Lipinski definition) is 0. The van der Waals surface area contributed by atoms with E-state index < -0.39 is 0 Å². The van der Waals surface area contributed by atoms with Crippen LogP contribution in [0.3, 0.4) is 0 Å². The molecule has 28 heavy (non-hydrogen) atoms. The van der Waals surface area contributed by atoms with E-state index in [9.17, 15) is 9.59 Å². The molecule has 0 aliphatic heterocycles. The molecule has 0 heterocycles. The molecule has 0 aliphatic carbocycles. The van der Waals surface area contributed by atoms with Gasteiger partial charge >= 0.3 is 11.9 Å². The first-order valence-electron chi connectivity index (χ1n) is 9.88. The van der Waals surface area contributed by atoms with Crippen LogP contribution in [0.4, 0.5) is 0 Å². The third-order valence-corrected chi connectivity index (χ3v) is 4.73. The van der Waals surface area contributed by atoms with E-state index in [2.05, 4.69) is 0 Å². The lowest BCUT2D eigenvalue weighted by molar-refractivity contribution is -0.143. The zero-order valence-electron chi connectivity index (χ0n) is 16.5. The van der Waals surface area contributed by atoms with Gasteiger partial charge in [-0.3, -0.25) is 9.59 Å². The van der Waals surface area contributed by atoms with Crippen LogP contribution >= 0.6 is 0 Å². The van der Waals surface area contributed by atoms with Crippen molar-refractivity contribution in [3.8, 4) is 0 Å². The number of ether oxygens (including phenoxy) is 2. The molecule has 4 nitrogen and oxygen atoms in total. The zero-order valence-corrected chi connectivity index (χ0v) is 16.5. The molecular formula is C24H26O4. The molecule has 0 fully saturated rings. The van der Waals surface area contributed by atoms with Gasteiger partial charge in [-0.05, 0) is 45.5 Å². The van der Waals surface area contributed by atoms with Crippen molar-refractivity contribution in [2.45, 2.75) is 39.5 Å². The van der Waals surface area contributed by atoms with Gasteiger partial charge in [0.05, 0.1) is 26.1 Å². The smallest absolute Gasteiger partial charge is 0.310 e. The van der Waals surface area contributed by atoms with Gasteiger partial charge in [-0.1, -0.05) is 62.4 Å². The molecule has 3 rings (SSSR count). The molecule has 0 aliphatic rings. The Hall–Kier alpha value is -2.88. The minimum atomic E-state index is -0.229. The largest absolute Gasteiger partial charge is 0.465 e. The summed E-state index contributed by atoms with van der Waals surface area (Å²) in [5.74, 6) is -0.459. The maximum atomic E-state index is 12.3. The Labute approximate surface area is 165 Å². The Morgan fingerprint density at radius 3 is 1.25 bits per heavy atom. The van der Waals surface area contributed by atoms with E-state index in [1.165, 1.54) is 0 Å². The number of rotatable bonds is 8. The van der Waals surface area contributed by atoms with E-state index in [0.29, 0.717) is 13.2 Å². The lowest BCUT2D eigenvalue weighted by Gasteiger charge is -2.16. The fourth-order valence-corrected chi connectivity index (χ4v) is 3.51. The van der Waals surface area contributed by atoms with Crippen molar-refractivity contribution in [2.75, 3.05) is 13.2 Å². The van der Waals surface area contributed by atoms with Crippen molar-refractivity contribution in [3.05, 3.63) is 59.7 Å². The summed E-state index contributed by atoms with van der Waals surface area (Å²) in [7, 11) is 0. The van der Waals surface area contributed by atoms with Crippen LogP contribution in [0.5, 0.6) is 0 Å². The van der Waals surface area contributed by atoms with E-state index >= 15 is 0 Å². The normalized spacial score (nSPS) is 10.9. The standard InChI is InChI=1S/C24H26O4/c1-3-13-27-23(25)15-21-17-9-5-7-11-19(17)22(16-24(26)28-14-4-2)20-12-8-6-10-18(20)21/h5-12H,3-4,13-16H2,1-2H3. The van der Waals surface area contributed by atoms with E-state index in [1.54, 1.807) is 0 Å². The zero-order chi connectivity index (χ0) is 19.9. The van der Waals surface area contributed by atoms with Crippen LogP contribution in [0, 0.1) is 0 Å². The van der Waals surface area contributed by atoms with Gasteiger partial charge in [0, 0.05) is 0 Å². The average Bonchev–Trinajstić information content (AvgIpc) is 2.73. The minimum Gasteiger partial charge on any atom is -0.465 e. The summed E-state index contributed by atoms with van der Waals surface area (Å²) in [4.78, 5) is 24.7. The predicted octanol–water partition coefficient (Wildman–Crippen LogP) is 4.98. The van der Waals surface area contributed by atoms with Gasteiger partial charge in [0.25, 0.3) is 0 Å². The van der Waals surface area contributed by atoms with Crippen LogP contribution in [0.1, 0.15) is 37.8 Å². The molecule has 0 atom stereocenters. The van der Waals surface area contributed by atoms with Crippen molar-refractivity contribution in [1.29, 1.82) is 0 Å². The molecule has 3 aromatic rings. The summed E-state index contributed by atoms with van der Waals surface area (Å²) in [6.45, 7) is 4.81. The summed E-state index contributed by atoms with van der Waals surface area (Å²) >= 11 is 0. The number of hydrogen-bond acceptors (Lipinski definition) is 4. The van der Waals surface area contributed by atoms with E-state index in [0.717, 1.165) is 45.5 Å². The van der Waals surface area contributed by atoms with E-state index in [-0.39, 0.29) is 24.8 Å². The SMILES string of the molecule is CCCOC(=O)Cc1c2ccccc2c(CC(=O)OCCC)c2ccccc12. The molecule has 0 aromatic heterocycles. The molecular weight excluding hydrogens is 352 g/mol. The molecule has 3 aromatic carbocycles. The second-order valence-electron chi connectivity index (χ2n) is 6.84. The second-order valence-corrected chi connectivity index (χ2v) is 6.84. The van der Waals surface area contributed by atoms with Crippen LogP contribution in [0.15, 0.2) is 48.5 Å². The highest BCUT2D eigenvalue weighted by molar-refractivity contribution is 6.08. The molecule has 0 spiro atoms. The highest BCUT2D eigenvalue weighted by Gasteiger charge is 2.18. The highest BCUT2D eigenvalue weighted by atomic mass is 16.5. The van der Waals surface area contributed by atoms with Crippen molar-refractivity contribution in [1.82, 2.24) is 0 Å². The number of esters is 2. The number of fused-ring (bicyclic) bond motifs is 2. The average molecular weight is 378 g/mol. The Balaban J connectivity index is 2.13. The summed E-state index contributed by atoms with van der Waals surface area (Å²) in [5.41, 5.74) is 1.89. The van der Waals surface area contributed by atoms with Gasteiger partial charge in [0.2, 0.25) is 0 Å². The van der Waals surface area contributed by atoms with E-state index in [1.807, 2.05) is 62.4 Å². The van der Waals surface area contributed by atoms with Gasteiger partial charge in [-0.25, -0.2) is 0 Å². The Morgan fingerprint density at radius 1 is 0.643 bits per heavy atom. The van der Waals surface area contributed by atoms with Crippen molar-refractivity contribution in [2.24, 2.45) is 0 Å². The number of benzene rings is 3. The Morgan fingerprint density at radius 2 is 0.964 bits per heavy atom. The summed E-state index contributed by atoms with van der Waals surface area (Å²) in [5, 5.41) is 3.92. The lowest BCUT2D eigenvalue weighted by atomic mass is 9.89. The van der Waals surface area contributed by atoms with Gasteiger partial charge in [0.1, 0.15) is 0 Å². The van der Waals surface area contributed by atoms with Gasteiger partial charge in [-0.15, -0.1) is 0 Å². The molecule has 0 N–H and O–H groups in total. The monoisotopic (exact) mass is 378 g/mol. The minimum absolute atomic E-state index is 0.210. The third-order valence-electron chi connectivity index (χ3n) is 4.73. The molecule has 4 heteroatoms. The van der Waals surface area contributed by atoms with Gasteiger partial charge < -0.3 is 9.47 Å². The van der Waals surface area contributed by atoms with Crippen LogP contribution in [-0.4, -0.2) is 25.2 Å².